The number of fused-ring (bicyclic) bond motifs is 5. The highest BCUT2D eigenvalue weighted by atomic mass is 79.9. The lowest BCUT2D eigenvalue weighted by atomic mass is 9.93. The first-order valence-electron chi connectivity index (χ1n) is 40.9. The third kappa shape index (κ3) is 24.8. The molecule has 3 aromatic carbocycles. The number of pyridine rings is 5. The molecule has 0 atom stereocenters. The molecule has 140 heavy (non-hydrogen) atoms. The highest BCUT2D eigenvalue weighted by Crippen LogP contribution is 2.35. The van der Waals surface area contributed by atoms with Gasteiger partial charge in [0.05, 0.1) is 95.3 Å². The van der Waals surface area contributed by atoms with Crippen LogP contribution in [0.25, 0.3) is 62.2 Å². The van der Waals surface area contributed by atoms with Gasteiger partial charge in [-0.2, -0.15) is 56.5 Å². The molecule has 0 spiro atoms. The molecule has 20 rings (SSSR count). The molecule has 0 saturated carbocycles. The van der Waals surface area contributed by atoms with Crippen LogP contribution in [0.3, 0.4) is 0 Å². The normalized spacial score (nSPS) is 11.7. The van der Waals surface area contributed by atoms with Crippen LogP contribution < -0.4 is 54.4 Å². The Labute approximate surface area is 834 Å². The van der Waals surface area contributed by atoms with Gasteiger partial charge in [-0.1, -0.05) is 66.2 Å². The van der Waals surface area contributed by atoms with Crippen LogP contribution in [-0.4, -0.2) is 155 Å². The number of rotatable bonds is 19. The Morgan fingerprint density at radius 3 is 1.30 bits per heavy atom. The number of ether oxygens (including phenoxy) is 5. The van der Waals surface area contributed by atoms with Crippen molar-refractivity contribution in [3.63, 3.8) is 0 Å². The first kappa shape index (κ1) is 96.9. The molecule has 51 heteroatoms. The zero-order chi connectivity index (χ0) is 97.9. The van der Waals surface area contributed by atoms with Crippen molar-refractivity contribution in [1.29, 1.82) is 0 Å². The number of piperidine rings is 1. The van der Waals surface area contributed by atoms with E-state index < -0.39 is 46.2 Å². The number of amides is 5. The molecule has 16 aromatic heterocycles. The maximum absolute atomic E-state index is 14.2. The number of nitrogens with one attached hydrogen (secondary N) is 6. The van der Waals surface area contributed by atoms with Crippen molar-refractivity contribution in [2.24, 2.45) is 0 Å². The van der Waals surface area contributed by atoms with Gasteiger partial charge in [-0.05, 0) is 171 Å². The highest BCUT2D eigenvalue weighted by molar-refractivity contribution is 9.11. The summed E-state index contributed by atoms with van der Waals surface area (Å²) < 4.78 is 102. The van der Waals surface area contributed by atoms with Gasteiger partial charge in [-0.25, -0.2) is 57.7 Å². The molecular weight excluding hydrogens is 2190 g/mol. The molecule has 5 amide bonds. The average Bonchev–Trinajstić information content (AvgIpc) is 1.65. The van der Waals surface area contributed by atoms with Crippen LogP contribution in [0.2, 0.25) is 5.15 Å². The summed E-state index contributed by atoms with van der Waals surface area (Å²) in [5, 5.41) is 50.1. The number of aromatic nitrogens is 20. The molecule has 19 aromatic rings. The molecule has 17 heterocycles. The van der Waals surface area contributed by atoms with Crippen molar-refractivity contribution < 1.29 is 89.1 Å². The van der Waals surface area contributed by atoms with Crippen LogP contribution in [0.1, 0.15) is 35.6 Å². The number of carbonyl (C=O) groups is 5. The molecule has 708 valence electrons. The maximum Gasteiger partial charge on any atom is 0.418 e. The predicted molar refractivity (Wildman–Crippen MR) is 516 cm³/mol. The second-order valence-corrected chi connectivity index (χ2v) is 35.1. The fourth-order valence-electron chi connectivity index (χ4n) is 13.2. The van der Waals surface area contributed by atoms with Gasteiger partial charge in [0.2, 0.25) is 24.8 Å². The number of nitrogens with zero attached hydrogens (tertiary/aromatic N) is 21. The first-order valence-corrected chi connectivity index (χ1v) is 46.7. The monoisotopic (exact) mass is 2250 g/mol. The lowest BCUT2D eigenvalue weighted by Crippen LogP contribution is -2.38. The fraction of sp³-hybridized carbons (Fsp3) is 0.0787. The largest absolute Gasteiger partial charge is 0.463 e. The standard InChI is InChI=1S/C25H23BrN6O4.C19H13BrFN5O3.C17H12BrFN6O3S.C16H10BrN5O3.C12H7BrClN5O2/c26-20-15-28-32-22(30-24(33)36-19-7-4-10-27-14-19)13-21(29-23(20)32)18-8-11-31(12-9-18)25(34)35-16-17-5-2-1-3-6-17;20-14-10-22-26-17(24-19(27)29-11-12-5-7-25(28)8-6-12)9-16(23-18(14)26)13-3-1-2-4-15(13)21;18-13-10-20-25-16(23-29(27,28)22-11-5-7-24(26)8-6-11)9-15(21-17(13)25)12-3-1-2-4-14(12)19;17-11-9-19-22-14(21-16(23)25-10-3-1-5-18-8-10)7-12(20-15(11)22)13-4-2-6-24-13;13-8-6-16-19-10(4-9(14)17-11(8)19)18-12(20)21-7-2-1-3-15-5-7/h1-7,10,13-15,18H,8-9,11-12,16H2,(H,30,33);1-10H,11H2,(H-,22,23,24,27,28);1-10,26H,(H,20,21,23);1-9H,(H,21,23);1-6H,(H,18,20)/p+2. The number of hydrogen-bond acceptors (Lipinski definition) is 28. The topological polar surface area (TPSA) is 492 Å². The van der Waals surface area contributed by atoms with Crippen LogP contribution >= 0.6 is 91.3 Å². The Kier molecular flexibility index (Phi) is 31.0. The van der Waals surface area contributed by atoms with Gasteiger partial charge in [0, 0.05) is 124 Å². The summed E-state index contributed by atoms with van der Waals surface area (Å²) in [7, 11) is -4.08. The van der Waals surface area contributed by atoms with E-state index in [0.29, 0.717) is 127 Å². The van der Waals surface area contributed by atoms with E-state index in [-0.39, 0.29) is 59.0 Å². The molecule has 0 unspecified atom stereocenters. The van der Waals surface area contributed by atoms with E-state index >= 15 is 0 Å². The van der Waals surface area contributed by atoms with Crippen LogP contribution in [-0.2, 0) is 32.9 Å². The smallest absolute Gasteiger partial charge is 0.418 e. The minimum atomic E-state index is -4.08. The highest BCUT2D eigenvalue weighted by Gasteiger charge is 2.29. The van der Waals surface area contributed by atoms with Gasteiger partial charge in [-0.3, -0.25) is 56.1 Å². The van der Waals surface area contributed by atoms with E-state index in [1.807, 2.05) is 30.3 Å². The number of halogens is 8. The average molecular weight is 2260 g/mol. The van der Waals surface area contributed by atoms with Crippen molar-refractivity contribution in [2.75, 3.05) is 43.8 Å². The van der Waals surface area contributed by atoms with Crippen molar-refractivity contribution in [2.45, 2.75) is 32.0 Å². The molecule has 1 aliphatic rings. The molecular formula is C89H67Br5ClF2N27O15S+2. The predicted octanol–water partition coefficient (Wildman–Crippen LogP) is 18.1. The Morgan fingerprint density at radius 2 is 0.836 bits per heavy atom. The second-order valence-electron chi connectivity index (χ2n) is 29.1. The minimum absolute atomic E-state index is 0.00384. The summed E-state index contributed by atoms with van der Waals surface area (Å²) in [5.41, 5.74) is 6.62. The van der Waals surface area contributed by atoms with Crippen LogP contribution in [0, 0.1) is 11.6 Å². The van der Waals surface area contributed by atoms with Gasteiger partial charge >= 0.3 is 40.7 Å². The minimum Gasteiger partial charge on any atom is -0.463 e. The van der Waals surface area contributed by atoms with Crippen LogP contribution in [0.4, 0.5) is 67.5 Å². The summed E-state index contributed by atoms with van der Waals surface area (Å²) >= 11 is 22.7. The lowest BCUT2D eigenvalue weighted by Gasteiger charge is -2.31. The third-order valence-corrected chi connectivity index (χ3v) is 23.6. The van der Waals surface area contributed by atoms with Crippen LogP contribution in [0.15, 0.2) is 308 Å². The van der Waals surface area contributed by atoms with E-state index in [1.54, 1.807) is 158 Å². The molecule has 42 nitrogen and oxygen atoms in total. The molecule has 1 saturated heterocycles. The number of hydrogen-bond donors (Lipinski definition) is 8. The SMILES string of the molecule is O=C(Nc1cc(-c2ccccc2F)nc2c(Br)cnn12)OCc1cc[n+](O)cc1.O=C(Nc1cc(-c2ccco2)nc2c(Br)cnn12)Oc1cccnc1.O=C(Nc1cc(C2CCN(C(=O)OCc3ccccc3)CC2)nc2c(Br)cnn12)Oc1cccnc1.O=C(Nc1cc(Cl)nc2c(Br)cnn12)Oc1cccnc1.O=S(=O)(Nc1cc[n+](O)cc1)Nc1cc(-c2ccccc2F)nc2c(Br)cnn12. The third-order valence-electron chi connectivity index (χ3n) is 19.6. The zero-order valence-corrected chi connectivity index (χ0v) is 80.9. The molecule has 1 aliphatic heterocycles. The summed E-state index contributed by atoms with van der Waals surface area (Å²) in [6.07, 6.45) is 22.2. The summed E-state index contributed by atoms with van der Waals surface area (Å²) in [6, 6.07) is 49.1. The van der Waals surface area contributed by atoms with Crippen molar-refractivity contribution in [3.8, 4) is 51.2 Å². The second kappa shape index (κ2) is 44.8. The zero-order valence-electron chi connectivity index (χ0n) is 71.4. The van der Waals surface area contributed by atoms with Gasteiger partial charge in [-0.15, -0.1) is 0 Å². The summed E-state index contributed by atoms with van der Waals surface area (Å²) in [4.78, 5) is 96.9. The summed E-state index contributed by atoms with van der Waals surface area (Å²) in [6.45, 7) is 1.36. The van der Waals surface area contributed by atoms with Gasteiger partial charge < -0.3 is 33.0 Å². The Balaban J connectivity index is 0.000000127. The van der Waals surface area contributed by atoms with E-state index in [0.717, 1.165) is 33.6 Å². The van der Waals surface area contributed by atoms with Gasteiger partial charge in [0.1, 0.15) is 64.8 Å². The van der Waals surface area contributed by atoms with Gasteiger partial charge in [0.15, 0.2) is 51.2 Å². The molecule has 0 aliphatic carbocycles. The Hall–Kier alpha value is -16.2. The maximum atomic E-state index is 14.2. The van der Waals surface area contributed by atoms with E-state index in [4.69, 9.17) is 44.7 Å². The number of carbonyl (C=O) groups excluding carboxylic acids is 5. The van der Waals surface area contributed by atoms with Crippen molar-refractivity contribution in [1.82, 2.24) is 92.8 Å². The number of furan rings is 1. The fourth-order valence-corrected chi connectivity index (χ4v) is 16.1. The lowest BCUT2D eigenvalue weighted by molar-refractivity contribution is -0.904. The molecule has 8 N–H and O–H groups in total. The van der Waals surface area contributed by atoms with Crippen molar-refractivity contribution >= 4 is 195 Å². The Bertz CT molecular complexity index is 7820. The van der Waals surface area contributed by atoms with Gasteiger partial charge in [0.25, 0.3) is 0 Å². The molecule has 0 radical (unpaired) electrons. The number of likely N-dealkylation sites (tertiary alicyclic amines) is 1. The van der Waals surface area contributed by atoms with E-state index in [2.05, 4.69) is 171 Å². The number of anilines is 6. The van der Waals surface area contributed by atoms with E-state index in [1.165, 1.54) is 121 Å². The first-order chi connectivity index (χ1) is 67.7. The quantitative estimate of drug-likeness (QED) is 0.0212. The van der Waals surface area contributed by atoms with E-state index in [9.17, 15) is 51.6 Å². The Morgan fingerprint density at radius 1 is 0.436 bits per heavy atom. The van der Waals surface area contributed by atoms with Crippen molar-refractivity contribution in [3.05, 3.63) is 337 Å². The molecule has 0 bridgehead atoms. The number of benzene rings is 3. The van der Waals surface area contributed by atoms with Crippen LogP contribution in [0.5, 0.6) is 17.2 Å². The molecule has 1 fully saturated rings. The summed E-state index contributed by atoms with van der Waals surface area (Å²) in [5.74, 6) is 2.21.